The molecule has 1 aliphatic heterocycles. The molecule has 0 unspecified atom stereocenters. The number of carboxylic acid groups (broad SMARTS) is 1. The fourth-order valence-corrected chi connectivity index (χ4v) is 2.92. The summed E-state index contributed by atoms with van der Waals surface area (Å²) >= 11 is 0. The third-order valence-electron chi connectivity index (χ3n) is 4.39. The largest absolute Gasteiger partial charge is 0.540 e. The van der Waals surface area contributed by atoms with Gasteiger partial charge in [0.1, 0.15) is 12.0 Å². The molecule has 0 aliphatic carbocycles. The minimum atomic E-state index is -1.64. The van der Waals surface area contributed by atoms with Gasteiger partial charge in [-0.15, -0.1) is 0 Å². The van der Waals surface area contributed by atoms with Crippen molar-refractivity contribution in [3.05, 3.63) is 23.8 Å². The maximum absolute atomic E-state index is 11.4. The fraction of sp³-hybridized carbons (Fsp3) is 0.500. The Bertz CT molecular complexity index is 582. The first-order valence-electron chi connectivity index (χ1n) is 7.54. The van der Waals surface area contributed by atoms with E-state index in [-0.39, 0.29) is 6.04 Å². The van der Waals surface area contributed by atoms with Crippen molar-refractivity contribution >= 4 is 11.9 Å². The average molecular weight is 322 g/mol. The lowest BCUT2D eigenvalue weighted by Crippen LogP contribution is -3.14. The Labute approximate surface area is 135 Å². The third-order valence-corrected chi connectivity index (χ3v) is 4.39. The second-order valence-corrected chi connectivity index (χ2v) is 5.57. The number of rotatable bonds is 4. The standard InChI is InChI=1S/C16H22N2O5/c1-11(12-4-5-13(22-2)14(10-12)23-3)17-6-8-18(9-7-17)15(19)16(20)21/h4-5,10-11H,6-9H2,1-3H3,(H,20,21)/t11-/m1/s1. The quantitative estimate of drug-likeness (QED) is 0.664. The summed E-state index contributed by atoms with van der Waals surface area (Å²) in [5.41, 5.74) is 1.11. The van der Waals surface area contributed by atoms with Crippen LogP contribution in [0.3, 0.4) is 0 Å². The normalized spacial score (nSPS) is 16.7. The second kappa shape index (κ2) is 7.32. The van der Waals surface area contributed by atoms with Gasteiger partial charge in [-0.2, -0.15) is 0 Å². The van der Waals surface area contributed by atoms with Crippen molar-refractivity contribution in [2.45, 2.75) is 13.0 Å². The van der Waals surface area contributed by atoms with Crippen molar-refractivity contribution in [2.75, 3.05) is 40.4 Å². The first-order valence-corrected chi connectivity index (χ1v) is 7.54. The molecule has 1 aromatic carbocycles. The van der Waals surface area contributed by atoms with Gasteiger partial charge in [0.25, 0.3) is 5.91 Å². The van der Waals surface area contributed by atoms with Crippen molar-refractivity contribution in [1.29, 1.82) is 0 Å². The Balaban J connectivity index is 2.03. The predicted molar refractivity (Wildman–Crippen MR) is 80.2 cm³/mol. The number of hydrogen-bond acceptors (Lipinski definition) is 5. The minimum Gasteiger partial charge on any atom is -0.540 e. The monoisotopic (exact) mass is 322 g/mol. The summed E-state index contributed by atoms with van der Waals surface area (Å²) in [7, 11) is 3.20. The summed E-state index contributed by atoms with van der Waals surface area (Å²) in [6.07, 6.45) is 0. The van der Waals surface area contributed by atoms with E-state index < -0.39 is 11.9 Å². The molecule has 7 nitrogen and oxygen atoms in total. The Morgan fingerprint density at radius 3 is 2.30 bits per heavy atom. The molecule has 1 amide bonds. The van der Waals surface area contributed by atoms with E-state index in [1.165, 1.54) is 9.80 Å². The molecule has 7 heteroatoms. The number of aliphatic carboxylic acids is 1. The zero-order chi connectivity index (χ0) is 17.0. The van der Waals surface area contributed by atoms with Crippen LogP contribution in [0.15, 0.2) is 18.2 Å². The summed E-state index contributed by atoms with van der Waals surface area (Å²) < 4.78 is 10.6. The third kappa shape index (κ3) is 3.73. The molecule has 0 spiro atoms. The summed E-state index contributed by atoms with van der Waals surface area (Å²) in [4.78, 5) is 24.7. The number of methoxy groups -OCH3 is 2. The highest BCUT2D eigenvalue weighted by atomic mass is 16.5. The number of quaternary nitrogens is 1. The van der Waals surface area contributed by atoms with Crippen LogP contribution in [0.5, 0.6) is 11.5 Å². The van der Waals surface area contributed by atoms with Crippen LogP contribution in [-0.2, 0) is 9.59 Å². The van der Waals surface area contributed by atoms with Gasteiger partial charge >= 0.3 is 0 Å². The van der Waals surface area contributed by atoms with Crippen molar-refractivity contribution in [2.24, 2.45) is 0 Å². The number of carbonyl (C=O) groups excluding carboxylic acids is 2. The molecule has 1 atom stereocenters. The van der Waals surface area contributed by atoms with Crippen molar-refractivity contribution < 1.29 is 29.1 Å². The van der Waals surface area contributed by atoms with E-state index in [0.717, 1.165) is 5.56 Å². The lowest BCUT2D eigenvalue weighted by Gasteiger charge is -2.35. The van der Waals surface area contributed by atoms with Gasteiger partial charge < -0.3 is 29.2 Å². The van der Waals surface area contributed by atoms with E-state index in [1.807, 2.05) is 18.2 Å². The molecule has 0 aromatic heterocycles. The molecule has 1 saturated heterocycles. The van der Waals surface area contributed by atoms with E-state index >= 15 is 0 Å². The lowest BCUT2D eigenvalue weighted by atomic mass is 10.1. The number of carbonyl (C=O) groups is 2. The Kier molecular flexibility index (Phi) is 5.44. The van der Waals surface area contributed by atoms with Crippen LogP contribution in [0.1, 0.15) is 18.5 Å². The van der Waals surface area contributed by atoms with Crippen molar-refractivity contribution in [3.63, 3.8) is 0 Å². The van der Waals surface area contributed by atoms with E-state index in [0.29, 0.717) is 37.7 Å². The summed E-state index contributed by atoms with van der Waals surface area (Å²) in [6.45, 7) is 4.31. The lowest BCUT2D eigenvalue weighted by molar-refractivity contribution is -0.933. The smallest absolute Gasteiger partial charge is 0.269 e. The molecule has 1 aliphatic rings. The highest BCUT2D eigenvalue weighted by Gasteiger charge is 2.28. The van der Waals surface area contributed by atoms with Gasteiger partial charge in [0, 0.05) is 5.56 Å². The number of amides is 1. The molecule has 1 aromatic rings. The van der Waals surface area contributed by atoms with Gasteiger partial charge in [0.2, 0.25) is 0 Å². The van der Waals surface area contributed by atoms with Gasteiger partial charge in [-0.25, -0.2) is 0 Å². The SMILES string of the molecule is COc1ccc([C@@H](C)[NH+]2CCN(C(=O)C(=O)[O-])CC2)cc1OC. The molecule has 23 heavy (non-hydrogen) atoms. The van der Waals surface area contributed by atoms with Gasteiger partial charge in [0.15, 0.2) is 11.5 Å². The first-order chi connectivity index (χ1) is 11.0. The summed E-state index contributed by atoms with van der Waals surface area (Å²) in [5, 5.41) is 10.6. The Morgan fingerprint density at radius 1 is 1.17 bits per heavy atom. The van der Waals surface area contributed by atoms with Gasteiger partial charge in [0.05, 0.1) is 40.4 Å². The van der Waals surface area contributed by atoms with Crippen LogP contribution >= 0.6 is 0 Å². The van der Waals surface area contributed by atoms with Crippen molar-refractivity contribution in [3.8, 4) is 11.5 Å². The number of nitrogens with one attached hydrogen (secondary N) is 1. The maximum atomic E-state index is 11.4. The highest BCUT2D eigenvalue weighted by molar-refractivity contribution is 6.30. The number of benzene rings is 1. The average Bonchev–Trinajstić information content (AvgIpc) is 2.59. The van der Waals surface area contributed by atoms with Crippen LogP contribution in [0.25, 0.3) is 0 Å². The van der Waals surface area contributed by atoms with Crippen molar-refractivity contribution in [1.82, 2.24) is 4.90 Å². The van der Waals surface area contributed by atoms with Gasteiger partial charge in [-0.1, -0.05) is 0 Å². The van der Waals surface area contributed by atoms with Gasteiger partial charge in [-0.05, 0) is 25.1 Å². The number of hydrogen-bond donors (Lipinski definition) is 1. The molecule has 0 bridgehead atoms. The number of piperazine rings is 1. The highest BCUT2D eigenvalue weighted by Crippen LogP contribution is 2.29. The molecule has 126 valence electrons. The van der Waals surface area contributed by atoms with Crippen LogP contribution in [0.4, 0.5) is 0 Å². The Hall–Kier alpha value is -2.28. The molecular formula is C16H22N2O5. The zero-order valence-corrected chi connectivity index (χ0v) is 13.6. The Morgan fingerprint density at radius 2 is 1.78 bits per heavy atom. The number of carboxylic acids is 1. The zero-order valence-electron chi connectivity index (χ0n) is 13.6. The molecule has 1 fully saturated rings. The molecule has 0 radical (unpaired) electrons. The van der Waals surface area contributed by atoms with Crippen LogP contribution in [-0.4, -0.2) is 57.2 Å². The number of ether oxygens (including phenoxy) is 2. The van der Waals surface area contributed by atoms with E-state index in [1.54, 1.807) is 14.2 Å². The van der Waals surface area contributed by atoms with Crippen LogP contribution in [0, 0.1) is 0 Å². The number of nitrogens with zero attached hydrogens (tertiary/aromatic N) is 1. The van der Waals surface area contributed by atoms with Crippen LogP contribution < -0.4 is 19.5 Å². The summed E-state index contributed by atoms with van der Waals surface area (Å²) in [5.74, 6) is -1.20. The molecular weight excluding hydrogens is 300 g/mol. The van der Waals surface area contributed by atoms with E-state index in [4.69, 9.17) is 9.47 Å². The molecule has 1 heterocycles. The topological polar surface area (TPSA) is 83.3 Å². The first kappa shape index (κ1) is 17.1. The summed E-state index contributed by atoms with van der Waals surface area (Å²) in [6, 6.07) is 6.03. The second-order valence-electron chi connectivity index (χ2n) is 5.57. The van der Waals surface area contributed by atoms with Gasteiger partial charge in [-0.3, -0.25) is 4.79 Å². The van der Waals surface area contributed by atoms with Crippen LogP contribution in [0.2, 0.25) is 0 Å². The minimum absolute atomic E-state index is 0.204. The van der Waals surface area contributed by atoms with E-state index in [9.17, 15) is 14.7 Å². The van der Waals surface area contributed by atoms with E-state index in [2.05, 4.69) is 6.92 Å². The maximum Gasteiger partial charge on any atom is 0.269 e. The molecule has 0 saturated carbocycles. The molecule has 2 rings (SSSR count). The molecule has 1 N–H and O–H groups in total. The fourth-order valence-electron chi connectivity index (χ4n) is 2.92. The predicted octanol–water partition coefficient (Wildman–Crippen LogP) is -1.76.